The topological polar surface area (TPSA) is 60.9 Å². The van der Waals surface area contributed by atoms with E-state index in [0.29, 0.717) is 36.0 Å². The van der Waals surface area contributed by atoms with Crippen LogP contribution in [0.2, 0.25) is 15.1 Å². The predicted molar refractivity (Wildman–Crippen MR) is 128 cm³/mol. The third kappa shape index (κ3) is 5.02. The molecule has 2 aliphatic rings. The third-order valence-corrected chi connectivity index (χ3v) is 8.93. The van der Waals surface area contributed by atoms with E-state index in [2.05, 4.69) is 4.90 Å². The molecule has 0 radical (unpaired) electrons. The van der Waals surface area contributed by atoms with Gasteiger partial charge in [-0.2, -0.15) is 4.31 Å². The summed E-state index contributed by atoms with van der Waals surface area (Å²) in [5, 5.41) is 1.15. The summed E-state index contributed by atoms with van der Waals surface area (Å²) in [6, 6.07) is 12.1. The van der Waals surface area contributed by atoms with Gasteiger partial charge in [0.1, 0.15) is 4.90 Å². The fourth-order valence-corrected chi connectivity index (χ4v) is 6.66. The minimum atomic E-state index is -3.76. The number of hydrogen-bond acceptors (Lipinski definition) is 4. The molecule has 2 saturated heterocycles. The molecule has 172 valence electrons. The van der Waals surface area contributed by atoms with Crippen molar-refractivity contribution in [3.05, 3.63) is 57.5 Å². The molecule has 0 atom stereocenters. The summed E-state index contributed by atoms with van der Waals surface area (Å²) < 4.78 is 27.4. The highest BCUT2D eigenvalue weighted by Crippen LogP contribution is 2.31. The Morgan fingerprint density at radius 3 is 2.16 bits per heavy atom. The van der Waals surface area contributed by atoms with E-state index in [0.717, 1.165) is 18.8 Å². The van der Waals surface area contributed by atoms with E-state index in [1.807, 2.05) is 29.2 Å². The summed E-state index contributed by atoms with van der Waals surface area (Å²) in [6.45, 7) is 3.33. The molecule has 2 aromatic carbocycles. The van der Waals surface area contributed by atoms with Gasteiger partial charge in [-0.3, -0.25) is 4.79 Å². The highest BCUT2D eigenvalue weighted by molar-refractivity contribution is 7.89. The Morgan fingerprint density at radius 2 is 1.50 bits per heavy atom. The second-order valence-corrected chi connectivity index (χ2v) is 11.2. The molecule has 0 bridgehead atoms. The second kappa shape index (κ2) is 9.77. The minimum Gasteiger partial charge on any atom is -0.368 e. The number of amides is 1. The zero-order valence-electron chi connectivity index (χ0n) is 17.4. The predicted octanol–water partition coefficient (Wildman–Crippen LogP) is 4.40. The van der Waals surface area contributed by atoms with Crippen LogP contribution in [0.25, 0.3) is 0 Å². The number of piperazine rings is 1. The van der Waals surface area contributed by atoms with Gasteiger partial charge < -0.3 is 9.80 Å². The Morgan fingerprint density at radius 1 is 0.844 bits per heavy atom. The summed E-state index contributed by atoms with van der Waals surface area (Å²) in [4.78, 5) is 17.2. The number of rotatable bonds is 4. The molecule has 0 N–H and O–H groups in total. The molecule has 1 amide bonds. The van der Waals surface area contributed by atoms with Crippen molar-refractivity contribution in [1.29, 1.82) is 0 Å². The van der Waals surface area contributed by atoms with Crippen molar-refractivity contribution in [2.45, 2.75) is 17.7 Å². The fourth-order valence-electron chi connectivity index (χ4n) is 4.27. The van der Waals surface area contributed by atoms with Gasteiger partial charge in [-0.25, -0.2) is 8.42 Å². The molecule has 2 aromatic rings. The van der Waals surface area contributed by atoms with Crippen LogP contribution < -0.4 is 4.90 Å². The number of piperidine rings is 1. The number of carbonyl (C=O) groups excluding carboxylic acids is 1. The van der Waals surface area contributed by atoms with Crippen molar-refractivity contribution < 1.29 is 13.2 Å². The lowest BCUT2D eigenvalue weighted by Crippen LogP contribution is -2.52. The van der Waals surface area contributed by atoms with Crippen LogP contribution in [0.15, 0.2) is 47.4 Å². The summed E-state index contributed by atoms with van der Waals surface area (Å²) in [5.41, 5.74) is 1.06. The molecule has 2 aliphatic heterocycles. The van der Waals surface area contributed by atoms with Crippen molar-refractivity contribution in [1.82, 2.24) is 9.21 Å². The van der Waals surface area contributed by atoms with E-state index in [1.54, 1.807) is 6.07 Å². The third-order valence-electron chi connectivity index (χ3n) is 6.08. The molecule has 0 saturated carbocycles. The van der Waals surface area contributed by atoms with Gasteiger partial charge in [-0.05, 0) is 49.2 Å². The Bertz CT molecular complexity index is 1100. The first-order chi connectivity index (χ1) is 15.3. The molecule has 6 nitrogen and oxygen atoms in total. The number of carbonyl (C=O) groups is 1. The minimum absolute atomic E-state index is 0.00794. The van der Waals surface area contributed by atoms with Crippen LogP contribution in [0.1, 0.15) is 12.8 Å². The number of sulfonamides is 1. The van der Waals surface area contributed by atoms with Crippen molar-refractivity contribution in [2.75, 3.05) is 44.2 Å². The van der Waals surface area contributed by atoms with Gasteiger partial charge in [0.25, 0.3) is 0 Å². The Balaban J connectivity index is 1.33. The molecule has 2 fully saturated rings. The molecular weight excluding hydrogens is 493 g/mol. The molecular formula is C22H24Cl3N3O3S. The van der Waals surface area contributed by atoms with E-state index < -0.39 is 10.0 Å². The van der Waals surface area contributed by atoms with E-state index in [-0.39, 0.29) is 34.8 Å². The summed E-state index contributed by atoms with van der Waals surface area (Å²) in [6.07, 6.45) is 0.982. The lowest BCUT2D eigenvalue weighted by molar-refractivity contribution is -0.137. The molecule has 2 heterocycles. The summed E-state index contributed by atoms with van der Waals surface area (Å²) in [5.74, 6) is -0.0671. The number of anilines is 1. The van der Waals surface area contributed by atoms with Gasteiger partial charge in [0.05, 0.1) is 5.02 Å². The zero-order chi connectivity index (χ0) is 22.9. The molecule has 0 aromatic heterocycles. The van der Waals surface area contributed by atoms with Crippen molar-refractivity contribution in [2.24, 2.45) is 5.92 Å². The summed E-state index contributed by atoms with van der Waals surface area (Å²) in [7, 11) is -3.76. The van der Waals surface area contributed by atoms with E-state index in [4.69, 9.17) is 34.8 Å². The molecule has 10 heteroatoms. The first kappa shape index (κ1) is 23.6. The first-order valence-electron chi connectivity index (χ1n) is 10.5. The number of nitrogens with zero attached hydrogens (tertiary/aromatic N) is 3. The van der Waals surface area contributed by atoms with Gasteiger partial charge in [0.15, 0.2) is 0 Å². The van der Waals surface area contributed by atoms with Crippen LogP contribution in [0, 0.1) is 5.92 Å². The lowest BCUT2D eigenvalue weighted by Gasteiger charge is -2.39. The van der Waals surface area contributed by atoms with E-state index in [1.165, 1.54) is 16.4 Å². The maximum atomic E-state index is 13.1. The molecule has 32 heavy (non-hydrogen) atoms. The second-order valence-electron chi connectivity index (χ2n) is 8.05. The van der Waals surface area contributed by atoms with Gasteiger partial charge in [0, 0.05) is 60.9 Å². The number of hydrogen-bond donors (Lipinski definition) is 0. The van der Waals surface area contributed by atoms with Crippen LogP contribution in [0.5, 0.6) is 0 Å². The maximum Gasteiger partial charge on any atom is 0.244 e. The molecule has 4 rings (SSSR count). The Hall–Kier alpha value is -1.51. The first-order valence-corrected chi connectivity index (χ1v) is 13.1. The SMILES string of the molecule is O=C(C1CCN(S(=O)(=O)c2cc(Cl)ccc2Cl)CC1)N1CCN(c2cccc(Cl)c2)CC1. The smallest absolute Gasteiger partial charge is 0.244 e. The van der Waals surface area contributed by atoms with Crippen molar-refractivity contribution >= 4 is 56.4 Å². The van der Waals surface area contributed by atoms with Crippen LogP contribution in [0.4, 0.5) is 5.69 Å². The Kier molecular flexibility index (Phi) is 7.22. The largest absolute Gasteiger partial charge is 0.368 e. The summed E-state index contributed by atoms with van der Waals surface area (Å²) >= 11 is 18.2. The average molecular weight is 517 g/mol. The molecule has 0 spiro atoms. The maximum absolute atomic E-state index is 13.1. The van der Waals surface area contributed by atoms with Crippen LogP contribution >= 0.6 is 34.8 Å². The number of halogens is 3. The molecule has 0 aliphatic carbocycles. The van der Waals surface area contributed by atoms with E-state index in [9.17, 15) is 13.2 Å². The molecule has 0 unspecified atom stereocenters. The lowest BCUT2D eigenvalue weighted by atomic mass is 9.96. The highest BCUT2D eigenvalue weighted by atomic mass is 35.5. The normalized spacial score (nSPS) is 18.7. The standard InChI is InChI=1S/C22H24Cl3N3O3S/c23-17-2-1-3-19(14-17)26-10-12-27(13-11-26)22(29)16-6-8-28(9-7-16)32(30,31)21-15-18(24)4-5-20(21)25/h1-5,14-16H,6-13H2. The number of benzene rings is 2. The van der Waals surface area contributed by atoms with Gasteiger partial charge in [-0.1, -0.05) is 40.9 Å². The zero-order valence-corrected chi connectivity index (χ0v) is 20.5. The van der Waals surface area contributed by atoms with Crippen molar-refractivity contribution in [3.8, 4) is 0 Å². The van der Waals surface area contributed by atoms with Crippen LogP contribution in [-0.2, 0) is 14.8 Å². The average Bonchev–Trinajstić information content (AvgIpc) is 2.80. The highest BCUT2D eigenvalue weighted by Gasteiger charge is 2.35. The van der Waals surface area contributed by atoms with Crippen molar-refractivity contribution in [3.63, 3.8) is 0 Å². The van der Waals surface area contributed by atoms with Crippen LogP contribution in [-0.4, -0.2) is 62.8 Å². The fraction of sp³-hybridized carbons (Fsp3) is 0.409. The quantitative estimate of drug-likeness (QED) is 0.604. The van der Waals surface area contributed by atoms with Crippen LogP contribution in [0.3, 0.4) is 0 Å². The Labute approximate surface area is 203 Å². The van der Waals surface area contributed by atoms with Gasteiger partial charge >= 0.3 is 0 Å². The van der Waals surface area contributed by atoms with Gasteiger partial charge in [0.2, 0.25) is 15.9 Å². The van der Waals surface area contributed by atoms with E-state index >= 15 is 0 Å². The monoisotopic (exact) mass is 515 g/mol. The van der Waals surface area contributed by atoms with Gasteiger partial charge in [-0.15, -0.1) is 0 Å².